The highest BCUT2D eigenvalue weighted by Crippen LogP contribution is 2.31. The Morgan fingerprint density at radius 1 is 1.19 bits per heavy atom. The number of amides is 1. The number of sulfonamides is 1. The van der Waals surface area contributed by atoms with E-state index in [4.69, 9.17) is 0 Å². The summed E-state index contributed by atoms with van der Waals surface area (Å²) < 4.78 is 26.0. The molecule has 3 heterocycles. The van der Waals surface area contributed by atoms with Crippen molar-refractivity contribution in [1.29, 1.82) is 0 Å². The highest BCUT2D eigenvalue weighted by molar-refractivity contribution is 7.89. The van der Waals surface area contributed by atoms with Gasteiger partial charge < -0.3 is 9.88 Å². The fourth-order valence-electron chi connectivity index (χ4n) is 4.33. The maximum absolute atomic E-state index is 13.2. The summed E-state index contributed by atoms with van der Waals surface area (Å²) in [6, 6.07) is 7.13. The summed E-state index contributed by atoms with van der Waals surface area (Å²) in [5.41, 5.74) is 2.49. The zero-order chi connectivity index (χ0) is 22.2. The number of nitrogens with one attached hydrogen (secondary N) is 1. The molecule has 1 aromatic heterocycles. The van der Waals surface area contributed by atoms with Crippen molar-refractivity contribution < 1.29 is 13.2 Å². The van der Waals surface area contributed by atoms with E-state index >= 15 is 0 Å². The first-order chi connectivity index (χ1) is 14.8. The maximum atomic E-state index is 13.2. The van der Waals surface area contributed by atoms with Gasteiger partial charge in [0.2, 0.25) is 10.0 Å². The number of aromatic nitrogens is 2. The van der Waals surface area contributed by atoms with Crippen molar-refractivity contribution in [3.63, 3.8) is 0 Å². The second-order valence-electron chi connectivity index (χ2n) is 8.24. The van der Waals surface area contributed by atoms with Crippen LogP contribution in [0.1, 0.15) is 65.2 Å². The Morgan fingerprint density at radius 2 is 1.94 bits per heavy atom. The molecule has 2 aromatic rings. The summed E-state index contributed by atoms with van der Waals surface area (Å²) in [6.45, 7) is 4.56. The van der Waals surface area contributed by atoms with Gasteiger partial charge in [-0.15, -0.1) is 0 Å². The lowest BCUT2D eigenvalue weighted by molar-refractivity contribution is 0.0599. The van der Waals surface area contributed by atoms with E-state index in [1.807, 2.05) is 31.2 Å². The number of H-pyrrole nitrogens is 1. The molecule has 1 N–H and O–H groups in total. The zero-order valence-electron chi connectivity index (χ0n) is 17.9. The molecule has 0 radical (unpaired) electrons. The number of piperidine rings is 1. The van der Waals surface area contributed by atoms with Gasteiger partial charge in [-0.1, -0.05) is 17.7 Å². The van der Waals surface area contributed by atoms with Gasteiger partial charge >= 0.3 is 0 Å². The molecule has 2 aliphatic heterocycles. The fraction of sp³-hybridized carbons (Fsp3) is 0.500. The maximum Gasteiger partial charge on any atom is 0.254 e. The summed E-state index contributed by atoms with van der Waals surface area (Å²) >= 11 is 0. The number of rotatable bonds is 4. The molecule has 8 nitrogen and oxygen atoms in total. The minimum Gasteiger partial charge on any atom is -0.328 e. The average Bonchev–Trinajstić information content (AvgIpc) is 2.78. The number of likely N-dealkylation sites (tertiary alicyclic amines) is 1. The molecule has 0 bridgehead atoms. The zero-order valence-corrected chi connectivity index (χ0v) is 18.7. The Bertz CT molecular complexity index is 1140. The van der Waals surface area contributed by atoms with Gasteiger partial charge in [0.25, 0.3) is 11.5 Å². The largest absolute Gasteiger partial charge is 0.328 e. The first-order valence-corrected chi connectivity index (χ1v) is 12.4. The van der Waals surface area contributed by atoms with E-state index in [0.717, 1.165) is 18.4 Å². The van der Waals surface area contributed by atoms with Crippen molar-refractivity contribution in [3.8, 4) is 0 Å². The molecule has 1 atom stereocenters. The van der Waals surface area contributed by atoms with Crippen molar-refractivity contribution in [2.45, 2.75) is 52.1 Å². The van der Waals surface area contributed by atoms with E-state index in [9.17, 15) is 18.0 Å². The van der Waals surface area contributed by atoms with Gasteiger partial charge in [-0.25, -0.2) is 13.4 Å². The number of hydrogen-bond donors (Lipinski definition) is 1. The molecule has 0 saturated carbocycles. The first kappa shape index (κ1) is 21.7. The van der Waals surface area contributed by atoms with Gasteiger partial charge in [0.05, 0.1) is 24.0 Å². The SMILES string of the molecule is CCS(=O)(=O)N1CCc2c(nc(C3CCCCN3C(=O)c3ccc(C)cc3)[nH]c2=O)C1. The van der Waals surface area contributed by atoms with Crippen LogP contribution < -0.4 is 5.56 Å². The van der Waals surface area contributed by atoms with Gasteiger partial charge in [-0.3, -0.25) is 9.59 Å². The predicted molar refractivity (Wildman–Crippen MR) is 117 cm³/mol. The Morgan fingerprint density at radius 3 is 2.65 bits per heavy atom. The summed E-state index contributed by atoms with van der Waals surface area (Å²) in [5, 5.41) is 0. The summed E-state index contributed by atoms with van der Waals surface area (Å²) in [6.07, 6.45) is 2.87. The van der Waals surface area contributed by atoms with E-state index in [1.54, 1.807) is 11.8 Å². The summed E-state index contributed by atoms with van der Waals surface area (Å²) in [7, 11) is -3.36. The van der Waals surface area contributed by atoms with Gasteiger partial charge in [0, 0.05) is 24.2 Å². The highest BCUT2D eigenvalue weighted by atomic mass is 32.2. The van der Waals surface area contributed by atoms with Gasteiger partial charge in [-0.05, 0) is 51.7 Å². The van der Waals surface area contributed by atoms with Crippen LogP contribution >= 0.6 is 0 Å². The molecule has 1 amide bonds. The lowest BCUT2D eigenvalue weighted by Crippen LogP contribution is -2.42. The molecule has 1 saturated heterocycles. The molecule has 0 spiro atoms. The predicted octanol–water partition coefficient (Wildman–Crippen LogP) is 2.15. The van der Waals surface area contributed by atoms with Crippen LogP contribution in [0.4, 0.5) is 0 Å². The second kappa shape index (κ2) is 8.55. The molecule has 166 valence electrons. The lowest BCUT2D eigenvalue weighted by Gasteiger charge is -2.36. The van der Waals surface area contributed by atoms with Crippen LogP contribution in [0.15, 0.2) is 29.1 Å². The van der Waals surface area contributed by atoms with Crippen LogP contribution in [-0.2, 0) is 23.0 Å². The highest BCUT2D eigenvalue weighted by Gasteiger charge is 2.33. The van der Waals surface area contributed by atoms with E-state index in [-0.39, 0.29) is 36.4 Å². The molecule has 1 aromatic carbocycles. The normalized spacial score (nSPS) is 19.8. The van der Waals surface area contributed by atoms with Crippen molar-refractivity contribution >= 4 is 15.9 Å². The minimum atomic E-state index is -3.36. The second-order valence-corrected chi connectivity index (χ2v) is 10.5. The van der Waals surface area contributed by atoms with Crippen LogP contribution in [-0.4, -0.2) is 52.3 Å². The summed E-state index contributed by atoms with van der Waals surface area (Å²) in [4.78, 5) is 35.3. The Hall–Kier alpha value is -2.52. The topological polar surface area (TPSA) is 103 Å². The number of fused-ring (bicyclic) bond motifs is 1. The number of benzene rings is 1. The minimum absolute atomic E-state index is 0.0137. The number of aromatic amines is 1. The van der Waals surface area contributed by atoms with Crippen molar-refractivity contribution in [2.75, 3.05) is 18.8 Å². The molecule has 4 rings (SSSR count). The van der Waals surface area contributed by atoms with Gasteiger partial charge in [0.1, 0.15) is 5.82 Å². The molecule has 2 aliphatic rings. The van der Waals surface area contributed by atoms with Crippen molar-refractivity contribution in [2.24, 2.45) is 0 Å². The Labute approximate surface area is 182 Å². The Kier molecular flexibility index (Phi) is 5.98. The lowest BCUT2D eigenvalue weighted by atomic mass is 9.99. The fourth-order valence-corrected chi connectivity index (χ4v) is 5.39. The summed E-state index contributed by atoms with van der Waals surface area (Å²) in [5.74, 6) is 0.375. The molecule has 0 aliphatic carbocycles. The average molecular weight is 445 g/mol. The van der Waals surface area contributed by atoms with Crippen LogP contribution in [0.5, 0.6) is 0 Å². The van der Waals surface area contributed by atoms with Gasteiger partial charge in [0.15, 0.2) is 0 Å². The third-order valence-electron chi connectivity index (χ3n) is 6.19. The standard InChI is InChI=1S/C22H28N4O4S/c1-3-31(29,30)25-13-11-17-18(14-25)23-20(24-21(17)27)19-6-4-5-12-26(19)22(28)16-9-7-15(2)8-10-16/h7-10,19H,3-6,11-14H2,1-2H3,(H,23,24,27). The number of carbonyl (C=O) groups excluding carboxylic acids is 1. The number of hydrogen-bond acceptors (Lipinski definition) is 5. The van der Waals surface area contributed by atoms with Crippen molar-refractivity contribution in [3.05, 3.63) is 62.8 Å². The van der Waals surface area contributed by atoms with Crippen LogP contribution in [0.2, 0.25) is 0 Å². The van der Waals surface area contributed by atoms with Crippen LogP contribution in [0, 0.1) is 6.92 Å². The van der Waals surface area contributed by atoms with E-state index in [0.29, 0.717) is 42.0 Å². The third kappa shape index (κ3) is 4.29. The molecule has 9 heteroatoms. The smallest absolute Gasteiger partial charge is 0.254 e. The van der Waals surface area contributed by atoms with E-state index in [2.05, 4.69) is 9.97 Å². The Balaban J connectivity index is 1.67. The quantitative estimate of drug-likeness (QED) is 0.778. The molecular weight excluding hydrogens is 416 g/mol. The monoisotopic (exact) mass is 444 g/mol. The van der Waals surface area contributed by atoms with E-state index in [1.165, 1.54) is 4.31 Å². The number of nitrogens with zero attached hydrogens (tertiary/aromatic N) is 3. The van der Waals surface area contributed by atoms with E-state index < -0.39 is 10.0 Å². The van der Waals surface area contributed by atoms with Crippen molar-refractivity contribution in [1.82, 2.24) is 19.2 Å². The van der Waals surface area contributed by atoms with Crippen LogP contribution in [0.3, 0.4) is 0 Å². The molecule has 31 heavy (non-hydrogen) atoms. The number of carbonyl (C=O) groups is 1. The molecule has 1 fully saturated rings. The molecular formula is C22H28N4O4S. The van der Waals surface area contributed by atoms with Gasteiger partial charge in [-0.2, -0.15) is 4.31 Å². The van der Waals surface area contributed by atoms with Crippen LogP contribution in [0.25, 0.3) is 0 Å². The number of aryl methyl sites for hydroxylation is 1. The molecule has 1 unspecified atom stereocenters. The third-order valence-corrected chi connectivity index (χ3v) is 8.02. The first-order valence-electron chi connectivity index (χ1n) is 10.8.